The van der Waals surface area contributed by atoms with Crippen LogP contribution < -0.4 is 0 Å². The number of rotatable bonds is 2. The topological polar surface area (TPSA) is 50.9 Å². The SMILES string of the molecule is Oc1ccc(I)cc1Cn1cncn1. The highest BCUT2D eigenvalue weighted by atomic mass is 127. The van der Waals surface area contributed by atoms with E-state index in [1.807, 2.05) is 12.1 Å². The molecular formula is C9H8IN3O. The normalized spacial score (nSPS) is 10.4. The van der Waals surface area contributed by atoms with E-state index in [9.17, 15) is 5.11 Å². The summed E-state index contributed by atoms with van der Waals surface area (Å²) in [6, 6.07) is 5.48. The molecule has 0 fully saturated rings. The van der Waals surface area contributed by atoms with E-state index in [-0.39, 0.29) is 0 Å². The number of hydrogen-bond acceptors (Lipinski definition) is 3. The summed E-state index contributed by atoms with van der Waals surface area (Å²) in [4.78, 5) is 3.84. The molecule has 1 heterocycles. The molecule has 14 heavy (non-hydrogen) atoms. The van der Waals surface area contributed by atoms with Crippen molar-refractivity contribution in [2.24, 2.45) is 0 Å². The van der Waals surface area contributed by atoms with Crippen LogP contribution in [0.15, 0.2) is 30.9 Å². The first kappa shape index (κ1) is 9.45. The highest BCUT2D eigenvalue weighted by Crippen LogP contribution is 2.20. The molecule has 2 rings (SSSR count). The molecule has 0 radical (unpaired) electrons. The second kappa shape index (κ2) is 3.95. The van der Waals surface area contributed by atoms with Crippen molar-refractivity contribution in [3.05, 3.63) is 40.0 Å². The molecule has 0 aliphatic rings. The quantitative estimate of drug-likeness (QED) is 0.858. The number of benzene rings is 1. The summed E-state index contributed by atoms with van der Waals surface area (Å²) in [6.45, 7) is 0.544. The van der Waals surface area contributed by atoms with Crippen LogP contribution in [0.25, 0.3) is 0 Å². The first-order valence-corrected chi connectivity index (χ1v) is 5.13. The van der Waals surface area contributed by atoms with Crippen LogP contribution in [-0.2, 0) is 6.54 Å². The Morgan fingerprint density at radius 3 is 3.00 bits per heavy atom. The predicted molar refractivity (Wildman–Crippen MR) is 59.9 cm³/mol. The summed E-state index contributed by atoms with van der Waals surface area (Å²) in [7, 11) is 0. The fourth-order valence-electron chi connectivity index (χ4n) is 1.17. The molecule has 0 saturated carbocycles. The molecule has 0 aliphatic heterocycles. The van der Waals surface area contributed by atoms with Gasteiger partial charge in [-0.2, -0.15) is 5.10 Å². The molecule has 1 N–H and O–H groups in total. The van der Waals surface area contributed by atoms with Gasteiger partial charge in [0, 0.05) is 9.13 Å². The van der Waals surface area contributed by atoms with E-state index < -0.39 is 0 Å². The Labute approximate surface area is 94.7 Å². The van der Waals surface area contributed by atoms with Crippen LogP contribution in [0.2, 0.25) is 0 Å². The smallest absolute Gasteiger partial charge is 0.137 e. The van der Waals surface area contributed by atoms with E-state index in [0.29, 0.717) is 12.3 Å². The zero-order valence-electron chi connectivity index (χ0n) is 7.26. The van der Waals surface area contributed by atoms with Gasteiger partial charge in [0.05, 0.1) is 6.54 Å². The minimum atomic E-state index is 0.293. The largest absolute Gasteiger partial charge is 0.508 e. The molecule has 0 unspecified atom stereocenters. The first-order valence-electron chi connectivity index (χ1n) is 4.05. The summed E-state index contributed by atoms with van der Waals surface area (Å²) in [5.74, 6) is 0.293. The minimum Gasteiger partial charge on any atom is -0.508 e. The van der Waals surface area contributed by atoms with Gasteiger partial charge in [-0.15, -0.1) is 0 Å². The number of phenols is 1. The zero-order chi connectivity index (χ0) is 9.97. The van der Waals surface area contributed by atoms with E-state index in [1.54, 1.807) is 17.1 Å². The van der Waals surface area contributed by atoms with E-state index in [2.05, 4.69) is 32.7 Å². The summed E-state index contributed by atoms with van der Waals surface area (Å²) < 4.78 is 2.76. The van der Waals surface area contributed by atoms with Crippen molar-refractivity contribution in [2.45, 2.75) is 6.54 Å². The predicted octanol–water partition coefficient (Wildman–Crippen LogP) is 1.64. The zero-order valence-corrected chi connectivity index (χ0v) is 9.42. The Kier molecular flexibility index (Phi) is 2.67. The molecule has 0 amide bonds. The molecule has 0 spiro atoms. The molecule has 4 nitrogen and oxygen atoms in total. The van der Waals surface area contributed by atoms with E-state index >= 15 is 0 Å². The molecule has 1 aromatic carbocycles. The fraction of sp³-hybridized carbons (Fsp3) is 0.111. The molecule has 0 saturated heterocycles. The van der Waals surface area contributed by atoms with Crippen LogP contribution in [0.1, 0.15) is 5.56 Å². The van der Waals surface area contributed by atoms with Gasteiger partial charge in [0.2, 0.25) is 0 Å². The van der Waals surface area contributed by atoms with Crippen LogP contribution >= 0.6 is 22.6 Å². The molecule has 1 aromatic heterocycles. The summed E-state index contributed by atoms with van der Waals surface area (Å²) in [5, 5.41) is 13.5. The van der Waals surface area contributed by atoms with Gasteiger partial charge >= 0.3 is 0 Å². The lowest BCUT2D eigenvalue weighted by Gasteiger charge is -2.04. The third kappa shape index (κ3) is 2.03. The van der Waals surface area contributed by atoms with Crippen LogP contribution in [0.4, 0.5) is 0 Å². The van der Waals surface area contributed by atoms with Crippen molar-refractivity contribution in [2.75, 3.05) is 0 Å². The number of hydrogen-bond donors (Lipinski definition) is 1. The van der Waals surface area contributed by atoms with Crippen molar-refractivity contribution in [1.29, 1.82) is 0 Å². The summed E-state index contributed by atoms with van der Waals surface area (Å²) in [6.07, 6.45) is 3.10. The van der Waals surface area contributed by atoms with Crippen molar-refractivity contribution in [3.8, 4) is 5.75 Å². The van der Waals surface area contributed by atoms with Crippen LogP contribution in [-0.4, -0.2) is 19.9 Å². The molecule has 0 atom stereocenters. The van der Waals surface area contributed by atoms with Crippen molar-refractivity contribution in [1.82, 2.24) is 14.8 Å². The minimum absolute atomic E-state index is 0.293. The number of aromatic hydroxyl groups is 1. The van der Waals surface area contributed by atoms with E-state index in [0.717, 1.165) is 9.13 Å². The van der Waals surface area contributed by atoms with Gasteiger partial charge in [-0.3, -0.25) is 0 Å². The average molecular weight is 301 g/mol. The molecule has 5 heteroatoms. The van der Waals surface area contributed by atoms with Crippen molar-refractivity contribution >= 4 is 22.6 Å². The number of halogens is 1. The third-order valence-electron chi connectivity index (χ3n) is 1.84. The van der Waals surface area contributed by atoms with Crippen LogP contribution in [0, 0.1) is 3.57 Å². The van der Waals surface area contributed by atoms with Crippen LogP contribution in [0.5, 0.6) is 5.75 Å². The maximum absolute atomic E-state index is 9.57. The van der Waals surface area contributed by atoms with Crippen LogP contribution in [0.3, 0.4) is 0 Å². The van der Waals surface area contributed by atoms with Crippen molar-refractivity contribution < 1.29 is 5.11 Å². The first-order chi connectivity index (χ1) is 6.75. The van der Waals surface area contributed by atoms with Gasteiger partial charge in [0.25, 0.3) is 0 Å². The lowest BCUT2D eigenvalue weighted by atomic mass is 10.2. The highest BCUT2D eigenvalue weighted by molar-refractivity contribution is 14.1. The fourth-order valence-corrected chi connectivity index (χ4v) is 1.73. The summed E-state index contributed by atoms with van der Waals surface area (Å²) in [5.41, 5.74) is 0.849. The van der Waals surface area contributed by atoms with E-state index in [4.69, 9.17) is 0 Å². The summed E-state index contributed by atoms with van der Waals surface area (Å²) >= 11 is 2.21. The Morgan fingerprint density at radius 2 is 2.29 bits per heavy atom. The maximum Gasteiger partial charge on any atom is 0.137 e. The average Bonchev–Trinajstić information content (AvgIpc) is 2.64. The lowest BCUT2D eigenvalue weighted by Crippen LogP contribution is -2.00. The molecule has 0 bridgehead atoms. The molecule has 0 aliphatic carbocycles. The Bertz CT molecular complexity index is 428. The standard InChI is InChI=1S/C9H8IN3O/c10-8-1-2-9(14)7(3-8)4-13-6-11-5-12-13/h1-3,5-6,14H,4H2. The second-order valence-electron chi connectivity index (χ2n) is 2.87. The molecular weight excluding hydrogens is 293 g/mol. The highest BCUT2D eigenvalue weighted by Gasteiger charge is 2.02. The van der Waals surface area contributed by atoms with Gasteiger partial charge in [-0.05, 0) is 40.8 Å². The Hall–Kier alpha value is -1.11. The molecule has 72 valence electrons. The van der Waals surface area contributed by atoms with Gasteiger partial charge in [0.15, 0.2) is 0 Å². The lowest BCUT2D eigenvalue weighted by molar-refractivity contribution is 0.463. The number of nitrogens with zero attached hydrogens (tertiary/aromatic N) is 3. The van der Waals surface area contributed by atoms with Gasteiger partial charge in [-0.25, -0.2) is 9.67 Å². The second-order valence-corrected chi connectivity index (χ2v) is 4.11. The Balaban J connectivity index is 2.28. The molecule has 2 aromatic rings. The van der Waals surface area contributed by atoms with Crippen molar-refractivity contribution in [3.63, 3.8) is 0 Å². The van der Waals surface area contributed by atoms with Gasteiger partial charge in [-0.1, -0.05) is 0 Å². The van der Waals surface area contributed by atoms with E-state index in [1.165, 1.54) is 6.33 Å². The monoisotopic (exact) mass is 301 g/mol. The van der Waals surface area contributed by atoms with Gasteiger partial charge in [0.1, 0.15) is 18.4 Å². The van der Waals surface area contributed by atoms with Gasteiger partial charge < -0.3 is 5.11 Å². The number of phenolic OH excluding ortho intramolecular Hbond substituents is 1. The maximum atomic E-state index is 9.57. The number of aromatic nitrogens is 3. The Morgan fingerprint density at radius 1 is 1.43 bits per heavy atom. The third-order valence-corrected chi connectivity index (χ3v) is 2.51.